The summed E-state index contributed by atoms with van der Waals surface area (Å²) in [7, 11) is -2.09. The van der Waals surface area contributed by atoms with Crippen LogP contribution in [0.1, 0.15) is 26.3 Å². The van der Waals surface area contributed by atoms with Crippen molar-refractivity contribution in [2.24, 2.45) is 10.2 Å². The number of carbonyl (C=O) groups is 2. The molecule has 0 bridgehead atoms. The van der Waals surface area contributed by atoms with Gasteiger partial charge < -0.3 is 9.16 Å². The van der Waals surface area contributed by atoms with Gasteiger partial charge in [-0.15, -0.1) is 0 Å². The second-order valence-corrected chi connectivity index (χ2v) is 9.69. The topological polar surface area (TPSA) is 77.3 Å². The summed E-state index contributed by atoms with van der Waals surface area (Å²) in [6.07, 6.45) is -1.77. The van der Waals surface area contributed by atoms with Crippen molar-refractivity contribution in [3.63, 3.8) is 0 Å². The van der Waals surface area contributed by atoms with E-state index >= 15 is 0 Å². The van der Waals surface area contributed by atoms with Crippen LogP contribution in [0.5, 0.6) is 5.75 Å². The molecule has 0 aliphatic carbocycles. The van der Waals surface area contributed by atoms with Crippen LogP contribution in [0.15, 0.2) is 34.5 Å². The Morgan fingerprint density at radius 1 is 1.05 bits per heavy atom. The van der Waals surface area contributed by atoms with Gasteiger partial charge in [-0.2, -0.15) is 0 Å². The highest BCUT2D eigenvalue weighted by Crippen LogP contribution is 2.22. The van der Waals surface area contributed by atoms with Gasteiger partial charge in [-0.25, -0.2) is 9.59 Å². The highest BCUT2D eigenvalue weighted by atomic mass is 28.4. The number of hydrogen-bond acceptors (Lipinski definition) is 4. The van der Waals surface area contributed by atoms with E-state index in [0.29, 0.717) is 5.75 Å². The lowest BCUT2D eigenvalue weighted by Crippen LogP contribution is -2.37. The predicted molar refractivity (Wildman–Crippen MR) is 85.7 cm³/mol. The zero-order valence-electron chi connectivity index (χ0n) is 13.5. The molecule has 0 atom stereocenters. The second-order valence-electron chi connectivity index (χ2n) is 5.00. The van der Waals surface area contributed by atoms with E-state index in [2.05, 4.69) is 10.2 Å². The summed E-state index contributed by atoms with van der Waals surface area (Å²) in [5.74, 6) is 0.358. The molecule has 0 unspecified atom stereocenters. The summed E-state index contributed by atoms with van der Waals surface area (Å²) in [4.78, 5) is 23.2. The molecule has 0 fully saturated rings. The molecule has 0 aromatic heterocycles. The quantitative estimate of drug-likeness (QED) is 0.559. The van der Waals surface area contributed by atoms with Crippen molar-refractivity contribution < 1.29 is 18.8 Å². The number of azo groups is 1. The fourth-order valence-electron chi connectivity index (χ4n) is 2.05. The Morgan fingerprint density at radius 3 is 2.18 bits per heavy atom. The first-order valence-electron chi connectivity index (χ1n) is 7.38. The van der Waals surface area contributed by atoms with Gasteiger partial charge in [0.1, 0.15) is 5.75 Å². The maximum atomic E-state index is 11.7. The number of aryl methyl sites for hydroxylation is 1. The minimum Gasteiger partial charge on any atom is -0.501 e. The van der Waals surface area contributed by atoms with Gasteiger partial charge in [0.15, 0.2) is 0 Å². The average Bonchev–Trinajstić information content (AvgIpc) is 2.51. The number of hydrogen-bond donors (Lipinski definition) is 0. The standard InChI is InChI=1S/C15H22N2O4Si/c1-5-22(6-2,7-3)21-15(19)17-16-14(18)20-13-10-8-9-12(4)11-13/h8-11H,5-7H2,1-4H3/b17-16+. The number of amides is 2. The third-order valence-corrected chi connectivity index (χ3v) is 8.12. The first-order valence-corrected chi connectivity index (χ1v) is 9.90. The Morgan fingerprint density at radius 2 is 1.64 bits per heavy atom. The molecule has 0 saturated heterocycles. The minimum atomic E-state index is -2.09. The summed E-state index contributed by atoms with van der Waals surface area (Å²) < 4.78 is 10.4. The smallest absolute Gasteiger partial charge is 0.458 e. The van der Waals surface area contributed by atoms with Gasteiger partial charge in [0.2, 0.25) is 0 Å². The van der Waals surface area contributed by atoms with E-state index in [9.17, 15) is 9.59 Å². The van der Waals surface area contributed by atoms with Crippen LogP contribution in [0, 0.1) is 6.92 Å². The Kier molecular flexibility index (Phi) is 6.91. The van der Waals surface area contributed by atoms with Gasteiger partial charge in [-0.3, -0.25) is 0 Å². The maximum Gasteiger partial charge on any atom is 0.458 e. The van der Waals surface area contributed by atoms with E-state index in [1.165, 1.54) is 0 Å². The molecule has 6 nitrogen and oxygen atoms in total. The van der Waals surface area contributed by atoms with Crippen LogP contribution in [0.3, 0.4) is 0 Å². The molecule has 0 heterocycles. The van der Waals surface area contributed by atoms with E-state index in [0.717, 1.165) is 23.7 Å². The van der Waals surface area contributed by atoms with Crippen LogP contribution in [-0.2, 0) is 4.43 Å². The molecule has 1 rings (SSSR count). The SMILES string of the molecule is CC[Si](CC)(CC)OC(=O)/N=N/C(=O)Oc1cccc(C)c1. The second kappa shape index (κ2) is 8.43. The van der Waals surface area contributed by atoms with Crippen molar-refractivity contribution in [2.75, 3.05) is 0 Å². The molecule has 7 heteroatoms. The first kappa shape index (κ1) is 18.0. The zero-order chi connectivity index (χ0) is 16.6. The van der Waals surface area contributed by atoms with Gasteiger partial charge in [0.05, 0.1) is 0 Å². The summed E-state index contributed by atoms with van der Waals surface area (Å²) in [6, 6.07) is 9.39. The van der Waals surface area contributed by atoms with Crippen LogP contribution in [-0.4, -0.2) is 20.5 Å². The lowest BCUT2D eigenvalue weighted by Gasteiger charge is -2.25. The monoisotopic (exact) mass is 322 g/mol. The highest BCUT2D eigenvalue weighted by molar-refractivity contribution is 6.74. The van der Waals surface area contributed by atoms with Crippen LogP contribution < -0.4 is 4.74 Å². The summed E-state index contributed by atoms with van der Waals surface area (Å²) in [5.41, 5.74) is 0.950. The largest absolute Gasteiger partial charge is 0.501 e. The van der Waals surface area contributed by atoms with Gasteiger partial charge in [-0.1, -0.05) is 43.1 Å². The lowest BCUT2D eigenvalue weighted by atomic mass is 10.2. The predicted octanol–water partition coefficient (Wildman–Crippen LogP) is 5.09. The number of ether oxygens (including phenoxy) is 1. The third-order valence-electron chi connectivity index (χ3n) is 3.64. The molecule has 0 radical (unpaired) electrons. The van der Waals surface area contributed by atoms with Crippen LogP contribution in [0.25, 0.3) is 0 Å². The molecule has 0 aliphatic rings. The summed E-state index contributed by atoms with van der Waals surface area (Å²) in [5, 5.41) is 6.54. The zero-order valence-corrected chi connectivity index (χ0v) is 14.5. The molecule has 0 N–H and O–H groups in total. The van der Waals surface area contributed by atoms with Gasteiger partial charge in [0.25, 0.3) is 8.32 Å². The van der Waals surface area contributed by atoms with Crippen molar-refractivity contribution in [1.29, 1.82) is 0 Å². The molecule has 1 aromatic rings. The van der Waals surface area contributed by atoms with E-state index < -0.39 is 20.5 Å². The molecule has 0 saturated carbocycles. The molecular weight excluding hydrogens is 300 g/mol. The Bertz CT molecular complexity index is 548. The van der Waals surface area contributed by atoms with Crippen LogP contribution >= 0.6 is 0 Å². The minimum absolute atomic E-state index is 0.358. The van der Waals surface area contributed by atoms with E-state index in [1.54, 1.807) is 18.2 Å². The van der Waals surface area contributed by atoms with E-state index in [1.807, 2.05) is 33.8 Å². The van der Waals surface area contributed by atoms with Crippen molar-refractivity contribution in [3.05, 3.63) is 29.8 Å². The molecule has 2 amide bonds. The summed E-state index contributed by atoms with van der Waals surface area (Å²) >= 11 is 0. The molecule has 120 valence electrons. The molecular formula is C15H22N2O4Si. The molecule has 1 aromatic carbocycles. The van der Waals surface area contributed by atoms with Gasteiger partial charge >= 0.3 is 12.2 Å². The Balaban J connectivity index is 2.60. The number of nitrogens with zero attached hydrogens (tertiary/aromatic N) is 2. The highest BCUT2D eigenvalue weighted by Gasteiger charge is 2.33. The average molecular weight is 322 g/mol. The normalized spacial score (nSPS) is 11.5. The van der Waals surface area contributed by atoms with Gasteiger partial charge in [0, 0.05) is 0 Å². The molecule has 22 heavy (non-hydrogen) atoms. The van der Waals surface area contributed by atoms with E-state index in [4.69, 9.17) is 9.16 Å². The van der Waals surface area contributed by atoms with Crippen molar-refractivity contribution in [1.82, 2.24) is 0 Å². The first-order chi connectivity index (χ1) is 10.4. The Hall–Kier alpha value is -2.02. The number of rotatable bonds is 5. The third kappa shape index (κ3) is 5.40. The fraction of sp³-hybridized carbons (Fsp3) is 0.467. The van der Waals surface area contributed by atoms with Crippen molar-refractivity contribution >= 4 is 20.5 Å². The maximum absolute atomic E-state index is 11.7. The van der Waals surface area contributed by atoms with Crippen molar-refractivity contribution in [2.45, 2.75) is 45.8 Å². The van der Waals surface area contributed by atoms with Gasteiger partial charge in [-0.05, 0) is 42.8 Å². The molecule has 0 spiro atoms. The Labute approximate surface area is 131 Å². The molecule has 0 aliphatic heterocycles. The van der Waals surface area contributed by atoms with Crippen LogP contribution in [0.2, 0.25) is 18.1 Å². The van der Waals surface area contributed by atoms with E-state index in [-0.39, 0.29) is 0 Å². The fourth-order valence-corrected chi connectivity index (χ4v) is 4.40. The number of carbonyl (C=O) groups excluding carboxylic acids is 2. The number of benzene rings is 1. The summed E-state index contributed by atoms with van der Waals surface area (Å²) in [6.45, 7) is 7.86. The van der Waals surface area contributed by atoms with Crippen molar-refractivity contribution in [3.8, 4) is 5.75 Å². The lowest BCUT2D eigenvalue weighted by molar-refractivity contribution is 0.198. The van der Waals surface area contributed by atoms with Crippen LogP contribution in [0.4, 0.5) is 9.59 Å².